The number of rotatable bonds is 7. The van der Waals surface area contributed by atoms with Crippen molar-refractivity contribution in [1.29, 1.82) is 0 Å². The van der Waals surface area contributed by atoms with Crippen molar-refractivity contribution in [3.05, 3.63) is 24.0 Å². The number of imidazole rings is 1. The number of hydrogen-bond donors (Lipinski definition) is 1. The summed E-state index contributed by atoms with van der Waals surface area (Å²) in [7, 11) is 1.63. The smallest absolute Gasteiger partial charge is 0.217 e. The molecule has 20 heavy (non-hydrogen) atoms. The molecular weight excluding hydrogens is 278 g/mol. The normalized spacial score (nSPS) is 10.9. The Kier molecular flexibility index (Phi) is 4.84. The van der Waals surface area contributed by atoms with Gasteiger partial charge in [0.1, 0.15) is 11.6 Å². The number of carbonyl (C=O) groups excluding carboxylic acids is 1. The van der Waals surface area contributed by atoms with Crippen molar-refractivity contribution in [2.45, 2.75) is 25.8 Å². The molecule has 2 rings (SSSR count). The van der Waals surface area contributed by atoms with Gasteiger partial charge in [0.15, 0.2) is 0 Å². The SMILES string of the molecule is COc1ccc2nc(CCCl)n(CCCC(N)=O)c2c1. The highest BCUT2D eigenvalue weighted by atomic mass is 35.5. The summed E-state index contributed by atoms with van der Waals surface area (Å²) in [5.41, 5.74) is 7.08. The van der Waals surface area contributed by atoms with Gasteiger partial charge in [-0.05, 0) is 18.6 Å². The van der Waals surface area contributed by atoms with E-state index in [0.717, 1.165) is 22.6 Å². The minimum atomic E-state index is -0.286. The first-order valence-electron chi connectivity index (χ1n) is 6.53. The number of primary amides is 1. The lowest BCUT2D eigenvalue weighted by atomic mass is 10.2. The van der Waals surface area contributed by atoms with Crippen molar-refractivity contribution < 1.29 is 9.53 Å². The van der Waals surface area contributed by atoms with Gasteiger partial charge in [-0.1, -0.05) is 0 Å². The van der Waals surface area contributed by atoms with Crippen LogP contribution in [-0.2, 0) is 17.8 Å². The summed E-state index contributed by atoms with van der Waals surface area (Å²) in [6.07, 6.45) is 1.74. The molecule has 2 N–H and O–H groups in total. The highest BCUT2D eigenvalue weighted by molar-refractivity contribution is 6.17. The molecule has 0 saturated heterocycles. The molecule has 0 aliphatic rings. The molecule has 1 aromatic heterocycles. The van der Waals surface area contributed by atoms with Crippen molar-refractivity contribution in [1.82, 2.24) is 9.55 Å². The topological polar surface area (TPSA) is 70.1 Å². The van der Waals surface area contributed by atoms with E-state index in [1.165, 1.54) is 0 Å². The van der Waals surface area contributed by atoms with Crippen LogP contribution in [0.15, 0.2) is 18.2 Å². The van der Waals surface area contributed by atoms with Crippen molar-refractivity contribution >= 4 is 28.5 Å². The van der Waals surface area contributed by atoms with E-state index >= 15 is 0 Å². The van der Waals surface area contributed by atoms with E-state index in [4.69, 9.17) is 22.1 Å². The van der Waals surface area contributed by atoms with Crippen LogP contribution in [0.4, 0.5) is 0 Å². The van der Waals surface area contributed by atoms with Gasteiger partial charge in [-0.2, -0.15) is 0 Å². The molecule has 0 aliphatic carbocycles. The summed E-state index contributed by atoms with van der Waals surface area (Å²) >= 11 is 5.83. The second-order valence-electron chi connectivity index (χ2n) is 4.54. The monoisotopic (exact) mass is 295 g/mol. The summed E-state index contributed by atoms with van der Waals surface area (Å²) in [5, 5.41) is 0. The summed E-state index contributed by atoms with van der Waals surface area (Å²) < 4.78 is 7.33. The number of fused-ring (bicyclic) bond motifs is 1. The first-order valence-corrected chi connectivity index (χ1v) is 7.06. The van der Waals surface area contributed by atoms with Crippen LogP contribution in [0.25, 0.3) is 11.0 Å². The lowest BCUT2D eigenvalue weighted by Crippen LogP contribution is -2.12. The summed E-state index contributed by atoms with van der Waals surface area (Å²) in [6.45, 7) is 0.693. The Labute approximate surface area is 122 Å². The number of aryl methyl sites for hydroxylation is 2. The molecule has 1 amide bonds. The van der Waals surface area contributed by atoms with Crippen LogP contribution >= 0.6 is 11.6 Å². The van der Waals surface area contributed by atoms with E-state index in [0.29, 0.717) is 31.7 Å². The standard InChI is InChI=1S/C14H18ClN3O2/c1-20-10-4-5-11-12(9-10)18(8-2-3-13(16)19)14(17-11)6-7-15/h4-5,9H,2-3,6-8H2,1H3,(H2,16,19). The van der Waals surface area contributed by atoms with Gasteiger partial charge in [0.05, 0.1) is 18.1 Å². The molecule has 0 spiro atoms. The highest BCUT2D eigenvalue weighted by Crippen LogP contribution is 2.23. The second kappa shape index (κ2) is 6.61. The maximum Gasteiger partial charge on any atom is 0.217 e. The number of alkyl halides is 1. The zero-order chi connectivity index (χ0) is 14.5. The van der Waals surface area contributed by atoms with Gasteiger partial charge >= 0.3 is 0 Å². The van der Waals surface area contributed by atoms with Crippen molar-refractivity contribution in [3.63, 3.8) is 0 Å². The van der Waals surface area contributed by atoms with E-state index in [-0.39, 0.29) is 5.91 Å². The first kappa shape index (κ1) is 14.7. The number of halogens is 1. The third kappa shape index (κ3) is 3.22. The largest absolute Gasteiger partial charge is 0.497 e. The van der Waals surface area contributed by atoms with Gasteiger partial charge in [-0.3, -0.25) is 4.79 Å². The molecular formula is C14H18ClN3O2. The van der Waals surface area contributed by atoms with E-state index in [9.17, 15) is 4.79 Å². The van der Waals surface area contributed by atoms with Gasteiger partial charge in [0.2, 0.25) is 5.91 Å². The van der Waals surface area contributed by atoms with Crippen LogP contribution in [0.1, 0.15) is 18.7 Å². The average molecular weight is 296 g/mol. The highest BCUT2D eigenvalue weighted by Gasteiger charge is 2.11. The third-order valence-corrected chi connectivity index (χ3v) is 3.35. The minimum Gasteiger partial charge on any atom is -0.497 e. The number of nitrogens with two attached hydrogens (primary N) is 1. The number of ether oxygens (including phenoxy) is 1. The molecule has 108 valence electrons. The molecule has 5 nitrogen and oxygen atoms in total. The Morgan fingerprint density at radius 1 is 1.50 bits per heavy atom. The molecule has 0 atom stereocenters. The maximum absolute atomic E-state index is 10.9. The zero-order valence-corrected chi connectivity index (χ0v) is 12.2. The van der Waals surface area contributed by atoms with Crippen molar-refractivity contribution in [3.8, 4) is 5.75 Å². The maximum atomic E-state index is 10.9. The van der Waals surface area contributed by atoms with E-state index in [2.05, 4.69) is 9.55 Å². The Hall–Kier alpha value is -1.75. The number of amides is 1. The molecule has 0 fully saturated rings. The van der Waals surface area contributed by atoms with Crippen molar-refractivity contribution in [2.75, 3.05) is 13.0 Å². The lowest BCUT2D eigenvalue weighted by Gasteiger charge is -2.08. The molecule has 0 bridgehead atoms. The first-order chi connectivity index (χ1) is 9.65. The Bertz CT molecular complexity index is 610. The van der Waals surface area contributed by atoms with Gasteiger partial charge in [0, 0.05) is 31.3 Å². The molecule has 0 unspecified atom stereocenters. The molecule has 0 radical (unpaired) electrons. The Balaban J connectivity index is 2.35. The second-order valence-corrected chi connectivity index (χ2v) is 4.92. The van der Waals surface area contributed by atoms with Crippen molar-refractivity contribution in [2.24, 2.45) is 5.73 Å². The predicted molar refractivity (Wildman–Crippen MR) is 79.1 cm³/mol. The van der Waals surface area contributed by atoms with Gasteiger partial charge in [-0.15, -0.1) is 11.6 Å². The van der Waals surface area contributed by atoms with Gasteiger partial charge in [0.25, 0.3) is 0 Å². The third-order valence-electron chi connectivity index (χ3n) is 3.16. The molecule has 1 heterocycles. The quantitative estimate of drug-likeness (QED) is 0.795. The summed E-state index contributed by atoms with van der Waals surface area (Å²) in [5.74, 6) is 1.93. The number of carbonyl (C=O) groups is 1. The molecule has 6 heteroatoms. The average Bonchev–Trinajstić information content (AvgIpc) is 2.76. The molecule has 0 aliphatic heterocycles. The minimum absolute atomic E-state index is 0.286. The lowest BCUT2D eigenvalue weighted by molar-refractivity contribution is -0.118. The number of benzene rings is 1. The molecule has 2 aromatic rings. The summed E-state index contributed by atoms with van der Waals surface area (Å²) in [6, 6.07) is 5.76. The molecule has 1 aromatic carbocycles. The fraction of sp³-hybridized carbons (Fsp3) is 0.429. The number of aromatic nitrogens is 2. The fourth-order valence-corrected chi connectivity index (χ4v) is 2.38. The number of methoxy groups -OCH3 is 1. The molecule has 0 saturated carbocycles. The van der Waals surface area contributed by atoms with Crippen LogP contribution in [0.5, 0.6) is 5.75 Å². The Morgan fingerprint density at radius 2 is 2.30 bits per heavy atom. The van der Waals surface area contributed by atoms with Gasteiger partial charge in [-0.25, -0.2) is 4.98 Å². The van der Waals surface area contributed by atoms with Crippen LogP contribution in [0.2, 0.25) is 0 Å². The van der Waals surface area contributed by atoms with Crippen LogP contribution < -0.4 is 10.5 Å². The fourth-order valence-electron chi connectivity index (χ4n) is 2.22. The van der Waals surface area contributed by atoms with E-state index < -0.39 is 0 Å². The van der Waals surface area contributed by atoms with Crippen LogP contribution in [0, 0.1) is 0 Å². The number of nitrogens with zero attached hydrogens (tertiary/aromatic N) is 2. The summed E-state index contributed by atoms with van der Waals surface area (Å²) in [4.78, 5) is 15.4. The van der Waals surface area contributed by atoms with E-state index in [1.807, 2.05) is 18.2 Å². The van der Waals surface area contributed by atoms with Gasteiger partial charge < -0.3 is 15.0 Å². The van der Waals surface area contributed by atoms with Crippen LogP contribution in [0.3, 0.4) is 0 Å². The predicted octanol–water partition coefficient (Wildman–Crippen LogP) is 2.09. The van der Waals surface area contributed by atoms with Crippen LogP contribution in [-0.4, -0.2) is 28.4 Å². The Morgan fingerprint density at radius 3 is 2.95 bits per heavy atom. The van der Waals surface area contributed by atoms with E-state index in [1.54, 1.807) is 7.11 Å². The number of hydrogen-bond acceptors (Lipinski definition) is 3. The zero-order valence-electron chi connectivity index (χ0n) is 11.4.